The molecule has 1 saturated heterocycles. The Bertz CT molecular complexity index is 1060. The molecule has 0 bridgehead atoms. The number of hydrogen-bond acceptors (Lipinski definition) is 4. The van der Waals surface area contributed by atoms with Crippen LogP contribution in [0.1, 0.15) is 76.1 Å². The van der Waals surface area contributed by atoms with Crippen LogP contribution in [-0.4, -0.2) is 60.1 Å². The third-order valence-electron chi connectivity index (χ3n) is 7.66. The van der Waals surface area contributed by atoms with E-state index < -0.39 is 22.0 Å². The minimum atomic E-state index is -3.97. The van der Waals surface area contributed by atoms with Crippen LogP contribution < -0.4 is 0 Å². The molecule has 1 aromatic heterocycles. The quantitative estimate of drug-likeness (QED) is 0.589. The molecule has 4 rings (SSSR count). The second-order valence-electron chi connectivity index (χ2n) is 10.1. The number of pyridine rings is 1. The van der Waals surface area contributed by atoms with E-state index in [1.165, 1.54) is 9.21 Å². The highest BCUT2D eigenvalue weighted by atomic mass is 32.2. The number of alkyl halides is 2. The molecule has 2 aliphatic carbocycles. The van der Waals surface area contributed by atoms with Crippen LogP contribution in [0.15, 0.2) is 23.1 Å². The zero-order valence-corrected chi connectivity index (χ0v) is 21.1. The van der Waals surface area contributed by atoms with Crippen molar-refractivity contribution in [2.75, 3.05) is 13.6 Å². The highest BCUT2D eigenvalue weighted by Crippen LogP contribution is 2.38. The molecule has 0 spiro atoms. The molecule has 0 unspecified atom stereocenters. The molecule has 9 heteroatoms. The fraction of sp³-hybridized carbons (Fsp3) is 0.680. The third-order valence-corrected chi connectivity index (χ3v) is 9.60. The molecule has 188 valence electrons. The van der Waals surface area contributed by atoms with E-state index in [0.717, 1.165) is 30.5 Å². The molecule has 6 nitrogen and oxygen atoms in total. The van der Waals surface area contributed by atoms with Crippen molar-refractivity contribution in [3.05, 3.63) is 29.6 Å². The Labute approximate surface area is 201 Å². The number of amides is 1. The SMILES string of the molecule is Cc1ccc(S(=O)(=O)N2CCC[C@H]2C(=O)N(C)C2CCC(F)(F)CC2)c(C2=CCCC[C@H]2C)n1. The highest BCUT2D eigenvalue weighted by molar-refractivity contribution is 7.89. The van der Waals surface area contributed by atoms with Crippen molar-refractivity contribution in [1.82, 2.24) is 14.2 Å². The number of nitrogens with zero attached hydrogens (tertiary/aromatic N) is 3. The lowest BCUT2D eigenvalue weighted by Crippen LogP contribution is -2.50. The summed E-state index contributed by atoms with van der Waals surface area (Å²) >= 11 is 0. The normalized spacial score (nSPS) is 26.3. The van der Waals surface area contributed by atoms with Gasteiger partial charge in [-0.05, 0) is 75.5 Å². The minimum absolute atomic E-state index is 0.151. The maximum atomic E-state index is 13.9. The first-order chi connectivity index (χ1) is 16.0. The lowest BCUT2D eigenvalue weighted by atomic mass is 9.87. The maximum absolute atomic E-state index is 13.9. The summed E-state index contributed by atoms with van der Waals surface area (Å²) in [5.74, 6) is -2.77. The van der Waals surface area contributed by atoms with Crippen molar-refractivity contribution >= 4 is 21.5 Å². The van der Waals surface area contributed by atoms with Crippen molar-refractivity contribution in [3.8, 4) is 0 Å². The van der Waals surface area contributed by atoms with Crippen molar-refractivity contribution in [2.24, 2.45) is 5.92 Å². The maximum Gasteiger partial charge on any atom is 0.248 e. The summed E-state index contributed by atoms with van der Waals surface area (Å²) < 4.78 is 56.3. The van der Waals surface area contributed by atoms with Crippen molar-refractivity contribution in [3.63, 3.8) is 0 Å². The van der Waals surface area contributed by atoms with Crippen LogP contribution >= 0.6 is 0 Å². The van der Waals surface area contributed by atoms with E-state index in [1.807, 2.05) is 6.92 Å². The molecular formula is C25H35F2N3O3S. The Hall–Kier alpha value is -1.87. The number of hydrogen-bond donors (Lipinski definition) is 0. The Balaban J connectivity index is 1.61. The van der Waals surface area contributed by atoms with Crippen molar-refractivity contribution in [2.45, 2.75) is 94.5 Å². The lowest BCUT2D eigenvalue weighted by Gasteiger charge is -2.37. The van der Waals surface area contributed by atoms with Gasteiger partial charge in [-0.3, -0.25) is 9.78 Å². The van der Waals surface area contributed by atoms with Gasteiger partial charge in [0, 0.05) is 38.2 Å². The molecule has 0 N–H and O–H groups in total. The summed E-state index contributed by atoms with van der Waals surface area (Å²) in [6, 6.07) is 2.21. The van der Waals surface area contributed by atoms with E-state index in [9.17, 15) is 22.0 Å². The first-order valence-corrected chi connectivity index (χ1v) is 13.8. The van der Waals surface area contributed by atoms with Gasteiger partial charge in [0.05, 0.1) is 5.69 Å². The predicted octanol–water partition coefficient (Wildman–Crippen LogP) is 4.78. The molecule has 0 radical (unpaired) electrons. The first-order valence-electron chi connectivity index (χ1n) is 12.4. The van der Waals surface area contributed by atoms with Gasteiger partial charge in [-0.2, -0.15) is 4.31 Å². The average molecular weight is 496 g/mol. The van der Waals surface area contributed by atoms with Gasteiger partial charge >= 0.3 is 0 Å². The van der Waals surface area contributed by atoms with Crippen LogP contribution in [0, 0.1) is 12.8 Å². The number of rotatable bonds is 5. The molecule has 1 amide bonds. The zero-order valence-electron chi connectivity index (χ0n) is 20.3. The van der Waals surface area contributed by atoms with Gasteiger partial charge in [0.25, 0.3) is 0 Å². The van der Waals surface area contributed by atoms with Crippen LogP contribution in [0.3, 0.4) is 0 Å². The number of halogens is 2. The van der Waals surface area contributed by atoms with E-state index >= 15 is 0 Å². The number of carbonyl (C=O) groups excluding carboxylic acids is 1. The summed E-state index contributed by atoms with van der Waals surface area (Å²) in [6.07, 6.45) is 6.02. The number of aromatic nitrogens is 1. The highest BCUT2D eigenvalue weighted by Gasteiger charge is 2.44. The average Bonchev–Trinajstić information content (AvgIpc) is 3.29. The van der Waals surface area contributed by atoms with Gasteiger partial charge in [0.15, 0.2) is 0 Å². The Kier molecular flexibility index (Phi) is 7.16. The third kappa shape index (κ3) is 4.91. The van der Waals surface area contributed by atoms with Gasteiger partial charge in [-0.1, -0.05) is 13.0 Å². The summed E-state index contributed by atoms with van der Waals surface area (Å²) in [7, 11) is -2.36. The molecule has 2 heterocycles. The second-order valence-corrected chi connectivity index (χ2v) is 12.0. The molecule has 2 fully saturated rings. The predicted molar refractivity (Wildman–Crippen MR) is 127 cm³/mol. The molecule has 1 aromatic rings. The Morgan fingerprint density at radius 2 is 1.85 bits per heavy atom. The minimum Gasteiger partial charge on any atom is -0.341 e. The zero-order chi connectivity index (χ0) is 24.7. The van der Waals surface area contributed by atoms with Crippen LogP contribution in [0.4, 0.5) is 8.78 Å². The lowest BCUT2D eigenvalue weighted by molar-refractivity contribution is -0.138. The Morgan fingerprint density at radius 1 is 1.15 bits per heavy atom. The number of aryl methyl sites for hydroxylation is 1. The standard InChI is InChI=1S/C25H35F2N3O3S/c1-17-7-4-5-8-20(17)23-22(11-10-18(2)28-23)34(32,33)30-16-6-9-21(30)24(31)29(3)19-12-14-25(26,27)15-13-19/h8,10-11,17,19,21H,4-7,9,12-16H2,1-3H3/t17-,21+/m1/s1. The van der Waals surface area contributed by atoms with E-state index in [1.54, 1.807) is 19.2 Å². The van der Waals surface area contributed by atoms with Crippen molar-refractivity contribution < 1.29 is 22.0 Å². The van der Waals surface area contributed by atoms with E-state index in [2.05, 4.69) is 18.0 Å². The molecule has 34 heavy (non-hydrogen) atoms. The molecule has 1 aliphatic heterocycles. The summed E-state index contributed by atoms with van der Waals surface area (Å²) in [4.78, 5) is 19.7. The number of sulfonamides is 1. The molecule has 0 aromatic carbocycles. The van der Waals surface area contributed by atoms with E-state index in [-0.39, 0.29) is 55.0 Å². The number of likely N-dealkylation sites (N-methyl/N-ethyl adjacent to an activating group) is 1. The monoisotopic (exact) mass is 495 g/mol. The van der Waals surface area contributed by atoms with Gasteiger partial charge in [0.2, 0.25) is 21.9 Å². The topological polar surface area (TPSA) is 70.6 Å². The number of carbonyl (C=O) groups is 1. The molecular weight excluding hydrogens is 460 g/mol. The van der Waals surface area contributed by atoms with Crippen LogP contribution in [-0.2, 0) is 14.8 Å². The Morgan fingerprint density at radius 3 is 2.53 bits per heavy atom. The molecule has 2 atom stereocenters. The largest absolute Gasteiger partial charge is 0.341 e. The first kappa shape index (κ1) is 25.2. The summed E-state index contributed by atoms with van der Waals surface area (Å²) in [5.41, 5.74) is 2.19. The fourth-order valence-electron chi connectivity index (χ4n) is 5.56. The fourth-order valence-corrected chi connectivity index (χ4v) is 7.36. The van der Waals surface area contributed by atoms with Gasteiger partial charge in [-0.25, -0.2) is 17.2 Å². The van der Waals surface area contributed by atoms with Gasteiger partial charge < -0.3 is 4.90 Å². The molecule has 1 saturated carbocycles. The van der Waals surface area contributed by atoms with E-state index in [4.69, 9.17) is 0 Å². The van der Waals surface area contributed by atoms with E-state index in [0.29, 0.717) is 18.5 Å². The van der Waals surface area contributed by atoms with Crippen LogP contribution in [0.25, 0.3) is 5.57 Å². The van der Waals surface area contributed by atoms with Gasteiger partial charge in [0.1, 0.15) is 10.9 Å². The van der Waals surface area contributed by atoms with Gasteiger partial charge in [-0.15, -0.1) is 0 Å². The van der Waals surface area contributed by atoms with Crippen molar-refractivity contribution in [1.29, 1.82) is 0 Å². The number of allylic oxidation sites excluding steroid dienone is 2. The van der Waals surface area contributed by atoms with Crippen LogP contribution in [0.5, 0.6) is 0 Å². The second kappa shape index (κ2) is 9.64. The van der Waals surface area contributed by atoms with Crippen LogP contribution in [0.2, 0.25) is 0 Å². The smallest absolute Gasteiger partial charge is 0.248 e. The molecule has 3 aliphatic rings. The summed E-state index contributed by atoms with van der Waals surface area (Å²) in [5, 5.41) is 0. The summed E-state index contributed by atoms with van der Waals surface area (Å²) in [6.45, 7) is 4.20.